The Bertz CT molecular complexity index is 4010. The van der Waals surface area contributed by atoms with E-state index in [0.29, 0.717) is 92.2 Å². The van der Waals surface area contributed by atoms with Gasteiger partial charge in [0.15, 0.2) is 0 Å². The van der Waals surface area contributed by atoms with Crippen molar-refractivity contribution in [2.75, 3.05) is 155 Å². The molecule has 6 aliphatic heterocycles. The van der Waals surface area contributed by atoms with Crippen molar-refractivity contribution in [3.05, 3.63) is 212 Å². The second kappa shape index (κ2) is 30.3. The third kappa shape index (κ3) is 13.4. The van der Waals surface area contributed by atoms with Gasteiger partial charge in [0.05, 0.1) is 94.0 Å². The van der Waals surface area contributed by atoms with Crippen molar-refractivity contribution in [1.82, 2.24) is 29.4 Å². The maximum Gasteiger partial charge on any atom is 0.263 e. The van der Waals surface area contributed by atoms with Crippen LogP contribution < -0.4 is 19.6 Å². The summed E-state index contributed by atoms with van der Waals surface area (Å²) in [5, 5.41) is 56.4. The fraction of sp³-hybridized carbons (Fsp3) is 0.270. The van der Waals surface area contributed by atoms with Gasteiger partial charge in [-0.1, -0.05) is 72.8 Å². The molecule has 510 valence electrons. The number of fused-ring (bicyclic) bond motifs is 3. The number of hydrogen-bond acceptors (Lipinski definition) is 18. The highest BCUT2D eigenvalue weighted by atomic mass is 32.2. The van der Waals surface area contributed by atoms with Crippen LogP contribution in [-0.4, -0.2) is 230 Å². The maximum absolute atomic E-state index is 13.3. The molecule has 6 amide bonds. The molecule has 6 N–H and O–H groups in total. The monoisotopic (exact) mass is 1360 g/mol. The van der Waals surface area contributed by atoms with Crippen molar-refractivity contribution in [3.63, 3.8) is 0 Å². The zero-order valence-electron chi connectivity index (χ0n) is 56.3. The highest BCUT2D eigenvalue weighted by molar-refractivity contribution is 7.99. The summed E-state index contributed by atoms with van der Waals surface area (Å²) in [4.78, 5) is 98.2. The summed E-state index contributed by atoms with van der Waals surface area (Å²) >= 11 is 3.10. The van der Waals surface area contributed by atoms with E-state index < -0.39 is 25.3 Å². The highest BCUT2D eigenvalue weighted by Crippen LogP contribution is 2.49. The minimum atomic E-state index is -0.560. The molecule has 12 rings (SSSR count). The SMILES string of the molecule is CN(C)c1ccc(C2=C3C(=O)N(CO)C(c4ccc(N(C)C)cc4)=C3C(=O)N2CO)cc1.CN1C(=O)C2=C(c3ccc(N(C)CCO)cc3)N(C)C(=O)C2=C1c1ccc(N(C)CCO)cc1.CN1C(=O)C2=C(c3ccc(SCCO)cc3)N(C)C(=O)C2=C1c1ccc(SCCO)cc1. The van der Waals surface area contributed by atoms with Gasteiger partial charge in [-0.2, -0.15) is 0 Å². The molecule has 0 unspecified atom stereocenters. The lowest BCUT2D eigenvalue weighted by Gasteiger charge is -2.23. The van der Waals surface area contributed by atoms with E-state index in [2.05, 4.69) is 0 Å². The largest absolute Gasteiger partial charge is 0.396 e. The number of aliphatic hydroxyl groups is 6. The third-order valence-corrected chi connectivity index (χ3v) is 19.6. The quantitative estimate of drug-likeness (QED) is 0.0423. The van der Waals surface area contributed by atoms with Crippen LogP contribution in [0, 0.1) is 0 Å². The van der Waals surface area contributed by atoms with Crippen molar-refractivity contribution < 1.29 is 59.4 Å². The summed E-state index contributed by atoms with van der Waals surface area (Å²) < 4.78 is 0. The van der Waals surface area contributed by atoms with Crippen LogP contribution in [-0.2, 0) is 28.8 Å². The number of amides is 6. The molecule has 0 radical (unpaired) electrons. The van der Waals surface area contributed by atoms with Crippen molar-refractivity contribution in [1.29, 1.82) is 0 Å². The van der Waals surface area contributed by atoms with E-state index in [-0.39, 0.29) is 61.2 Å². The Kier molecular flexibility index (Phi) is 22.0. The summed E-state index contributed by atoms with van der Waals surface area (Å²) in [5.74, 6) is -0.512. The van der Waals surface area contributed by atoms with E-state index in [0.717, 1.165) is 54.8 Å². The van der Waals surface area contributed by atoms with Crippen molar-refractivity contribution >= 4 is 116 Å². The molecule has 22 nitrogen and oxygen atoms in total. The number of thioether (sulfide) groups is 2. The fourth-order valence-corrected chi connectivity index (χ4v) is 13.9. The van der Waals surface area contributed by atoms with Gasteiger partial charge in [-0.3, -0.25) is 38.6 Å². The molecule has 6 heterocycles. The normalized spacial score (nSPS) is 15.8. The molecule has 0 spiro atoms. The molecule has 0 fully saturated rings. The Balaban J connectivity index is 0.000000159. The molecule has 0 aromatic heterocycles. The van der Waals surface area contributed by atoms with Gasteiger partial charge in [-0.05, 0) is 106 Å². The molecule has 0 aliphatic carbocycles. The van der Waals surface area contributed by atoms with Crippen LogP contribution in [0.25, 0.3) is 34.2 Å². The van der Waals surface area contributed by atoms with Crippen LogP contribution in [0.3, 0.4) is 0 Å². The summed E-state index contributed by atoms with van der Waals surface area (Å²) in [6, 6.07) is 45.5. The van der Waals surface area contributed by atoms with Gasteiger partial charge in [-0.15, -0.1) is 23.5 Å². The Morgan fingerprint density at radius 3 is 0.745 bits per heavy atom. The van der Waals surface area contributed by atoms with E-state index in [1.54, 1.807) is 71.3 Å². The zero-order valence-corrected chi connectivity index (χ0v) is 58.0. The Morgan fingerprint density at radius 2 is 0.520 bits per heavy atom. The summed E-state index contributed by atoms with van der Waals surface area (Å²) in [5.41, 5.74) is 13.5. The van der Waals surface area contributed by atoms with Gasteiger partial charge in [0.25, 0.3) is 35.4 Å². The van der Waals surface area contributed by atoms with Crippen LogP contribution in [0.5, 0.6) is 0 Å². The molecule has 24 heteroatoms. The number of likely N-dealkylation sites (N-methyl/N-ethyl adjacent to an activating group) is 6. The second-order valence-electron chi connectivity index (χ2n) is 24.0. The number of benzene rings is 6. The summed E-state index contributed by atoms with van der Waals surface area (Å²) in [7, 11) is 18.3. The van der Waals surface area contributed by atoms with Gasteiger partial charge < -0.3 is 69.8 Å². The molecule has 0 atom stereocenters. The van der Waals surface area contributed by atoms with Crippen LogP contribution >= 0.6 is 23.5 Å². The van der Waals surface area contributed by atoms with Crippen molar-refractivity contribution in [3.8, 4) is 0 Å². The Labute approximate surface area is 578 Å². The number of anilines is 4. The first-order valence-electron chi connectivity index (χ1n) is 31.6. The summed E-state index contributed by atoms with van der Waals surface area (Å²) in [6.07, 6.45) is 0. The molecule has 0 saturated heterocycles. The number of rotatable bonds is 22. The fourth-order valence-electron chi connectivity index (χ4n) is 12.6. The predicted molar refractivity (Wildman–Crippen MR) is 384 cm³/mol. The average Bonchev–Trinajstić information content (AvgIpc) is 1.58. The topological polar surface area (TPSA) is 256 Å². The number of hydrogen-bond donors (Lipinski definition) is 6. The van der Waals surface area contributed by atoms with Crippen LogP contribution in [0.1, 0.15) is 33.4 Å². The average molecular weight is 1370 g/mol. The minimum absolute atomic E-state index is 0.0568. The molecular weight excluding hydrogens is 1290 g/mol. The highest BCUT2D eigenvalue weighted by Gasteiger charge is 2.50. The molecule has 6 aromatic carbocycles. The predicted octanol–water partition coefficient (Wildman–Crippen LogP) is 6.06. The first kappa shape index (κ1) is 71.0. The van der Waals surface area contributed by atoms with Crippen LogP contribution in [0.15, 0.2) is 189 Å². The minimum Gasteiger partial charge on any atom is -0.396 e. The van der Waals surface area contributed by atoms with E-state index in [1.165, 1.54) is 9.80 Å². The molecule has 0 bridgehead atoms. The van der Waals surface area contributed by atoms with Gasteiger partial charge >= 0.3 is 0 Å². The van der Waals surface area contributed by atoms with E-state index in [4.69, 9.17) is 10.2 Å². The standard InChI is InChI=1S/C26H30N4O4.C24H26N4O4.C24H24N2O4S2/c1-27(13-15-31)19-9-5-17(6-10-19)23-21-22(26(34)29(23)3)24(30(4)25(21)33)18-7-11-20(12-8-18)28(2)14-16-32;1-25(2)17-9-5-15(6-10-17)21-19-20(24(32)27(21)13-29)22(28(14-30)23(19)31)16-7-11-18(12-8-16)26(3)4;1-25-21(15-3-7-17(8-4-15)31-13-11-27)19-20(23(25)29)22(26(2)24(19)30)16-5-9-18(10-6-16)32-14-12-28/h5-12,31-32H,13-16H2,1-4H3;5-12,29-30H,13-14H2,1-4H3;3-10,27-28H,11-14H2,1-2H3. The lowest BCUT2D eigenvalue weighted by Crippen LogP contribution is -2.30. The van der Waals surface area contributed by atoms with Crippen molar-refractivity contribution in [2.24, 2.45) is 0 Å². The zero-order chi connectivity index (χ0) is 70.5. The second-order valence-corrected chi connectivity index (χ2v) is 26.3. The first-order valence-corrected chi connectivity index (χ1v) is 33.6. The van der Waals surface area contributed by atoms with Gasteiger partial charge in [0, 0.05) is 128 Å². The molecular formula is C74H80N10O12S2. The maximum atomic E-state index is 13.3. The van der Waals surface area contributed by atoms with E-state index in [9.17, 15) is 49.2 Å². The third-order valence-electron chi connectivity index (χ3n) is 17.7. The lowest BCUT2D eigenvalue weighted by atomic mass is 10.0. The lowest BCUT2D eigenvalue weighted by molar-refractivity contribution is -0.126. The van der Waals surface area contributed by atoms with Gasteiger partial charge in [-0.25, -0.2) is 0 Å². The first-order chi connectivity index (χ1) is 47.1. The number of carbonyl (C=O) groups is 6. The van der Waals surface area contributed by atoms with E-state index in [1.807, 2.05) is 207 Å². The van der Waals surface area contributed by atoms with Gasteiger partial charge in [0.1, 0.15) is 13.5 Å². The molecule has 6 aromatic rings. The number of aliphatic hydroxyl groups excluding tert-OH is 6. The Hall–Kier alpha value is -9.76. The van der Waals surface area contributed by atoms with E-state index >= 15 is 0 Å². The summed E-state index contributed by atoms with van der Waals surface area (Å²) in [6.45, 7) is 0.240. The smallest absolute Gasteiger partial charge is 0.263 e. The Morgan fingerprint density at radius 1 is 0.296 bits per heavy atom. The molecule has 98 heavy (non-hydrogen) atoms. The van der Waals surface area contributed by atoms with Crippen LogP contribution in [0.2, 0.25) is 0 Å². The molecule has 0 saturated carbocycles. The van der Waals surface area contributed by atoms with Gasteiger partial charge in [0.2, 0.25) is 0 Å². The van der Waals surface area contributed by atoms with Crippen LogP contribution in [0.4, 0.5) is 22.7 Å². The molecule has 6 aliphatic rings. The van der Waals surface area contributed by atoms with Crippen molar-refractivity contribution in [2.45, 2.75) is 9.79 Å². The number of carbonyl (C=O) groups excluding carboxylic acids is 6. The number of nitrogens with zero attached hydrogens (tertiary/aromatic N) is 10.